The first-order valence-corrected chi connectivity index (χ1v) is 6.41. The standard InChI is InChI=1S/C12H7Cl2F3N2O2/c13-5-19-11(21-12(16)17)9(14)10(18-19)8-3-7(15)2-1-6(8)4-20/h1-4,12H,5H2. The fraction of sp³-hybridized carbons (Fsp3) is 0.167. The summed E-state index contributed by atoms with van der Waals surface area (Å²) >= 11 is 11.5. The number of alkyl halides is 3. The van der Waals surface area contributed by atoms with Gasteiger partial charge in [0.1, 0.15) is 22.5 Å². The fourth-order valence-corrected chi connectivity index (χ4v) is 2.15. The van der Waals surface area contributed by atoms with E-state index in [9.17, 15) is 18.0 Å². The van der Waals surface area contributed by atoms with Crippen LogP contribution >= 0.6 is 23.2 Å². The van der Waals surface area contributed by atoms with Crippen molar-refractivity contribution in [3.63, 3.8) is 0 Å². The monoisotopic (exact) mass is 338 g/mol. The van der Waals surface area contributed by atoms with Crippen molar-refractivity contribution in [2.75, 3.05) is 0 Å². The molecule has 0 fully saturated rings. The number of hydrogen-bond donors (Lipinski definition) is 0. The molecule has 112 valence electrons. The number of carbonyl (C=O) groups excluding carboxylic acids is 1. The Kier molecular flexibility index (Phi) is 4.74. The molecule has 0 spiro atoms. The lowest BCUT2D eigenvalue weighted by atomic mass is 10.1. The van der Waals surface area contributed by atoms with E-state index in [0.717, 1.165) is 16.8 Å². The van der Waals surface area contributed by atoms with Crippen LogP contribution in [0.5, 0.6) is 5.88 Å². The van der Waals surface area contributed by atoms with Gasteiger partial charge in [-0.15, -0.1) is 11.6 Å². The number of ether oxygens (including phenoxy) is 1. The summed E-state index contributed by atoms with van der Waals surface area (Å²) in [4.78, 5) is 11.0. The lowest BCUT2D eigenvalue weighted by Crippen LogP contribution is -2.07. The highest BCUT2D eigenvalue weighted by Crippen LogP contribution is 2.37. The fourth-order valence-electron chi connectivity index (χ4n) is 1.71. The summed E-state index contributed by atoms with van der Waals surface area (Å²) in [7, 11) is 0. The van der Waals surface area contributed by atoms with Crippen LogP contribution in [-0.2, 0) is 6.00 Å². The molecular weight excluding hydrogens is 332 g/mol. The van der Waals surface area contributed by atoms with Crippen LogP contribution in [0.1, 0.15) is 10.4 Å². The minimum atomic E-state index is -3.13. The number of benzene rings is 1. The molecule has 2 rings (SSSR count). The third kappa shape index (κ3) is 3.14. The molecule has 0 amide bonds. The number of aldehydes is 1. The van der Waals surface area contributed by atoms with Gasteiger partial charge >= 0.3 is 6.61 Å². The van der Waals surface area contributed by atoms with Gasteiger partial charge in [-0.3, -0.25) is 4.79 Å². The second-order valence-corrected chi connectivity index (χ2v) is 4.43. The molecule has 0 saturated carbocycles. The van der Waals surface area contributed by atoms with Gasteiger partial charge in [0.2, 0.25) is 5.88 Å². The number of nitrogens with zero attached hydrogens (tertiary/aromatic N) is 2. The van der Waals surface area contributed by atoms with Crippen LogP contribution in [0.3, 0.4) is 0 Å². The Morgan fingerprint density at radius 2 is 2.14 bits per heavy atom. The summed E-state index contributed by atoms with van der Waals surface area (Å²) in [6.45, 7) is -3.13. The molecule has 2 aromatic rings. The zero-order valence-electron chi connectivity index (χ0n) is 10.2. The van der Waals surface area contributed by atoms with Crippen LogP contribution in [0.15, 0.2) is 18.2 Å². The molecule has 9 heteroatoms. The van der Waals surface area contributed by atoms with E-state index in [2.05, 4.69) is 9.84 Å². The average Bonchev–Trinajstić information content (AvgIpc) is 2.75. The van der Waals surface area contributed by atoms with E-state index in [1.165, 1.54) is 6.07 Å². The number of aromatic nitrogens is 2. The topological polar surface area (TPSA) is 44.1 Å². The van der Waals surface area contributed by atoms with Crippen molar-refractivity contribution in [3.8, 4) is 17.1 Å². The first kappa shape index (κ1) is 15.7. The molecule has 0 bridgehead atoms. The van der Waals surface area contributed by atoms with Crippen molar-refractivity contribution in [1.29, 1.82) is 0 Å². The number of hydrogen-bond acceptors (Lipinski definition) is 3. The van der Waals surface area contributed by atoms with Crippen molar-refractivity contribution in [1.82, 2.24) is 9.78 Å². The third-order valence-corrected chi connectivity index (χ3v) is 3.13. The molecule has 0 saturated heterocycles. The van der Waals surface area contributed by atoms with Gasteiger partial charge in [-0.2, -0.15) is 13.9 Å². The van der Waals surface area contributed by atoms with Crippen LogP contribution in [0.4, 0.5) is 13.2 Å². The molecule has 0 aliphatic carbocycles. The summed E-state index contributed by atoms with van der Waals surface area (Å²) < 4.78 is 43.2. The summed E-state index contributed by atoms with van der Waals surface area (Å²) in [5, 5.41) is 3.58. The van der Waals surface area contributed by atoms with Gasteiger partial charge in [0.25, 0.3) is 0 Å². The molecule has 0 aliphatic rings. The Balaban J connectivity index is 2.62. The lowest BCUT2D eigenvalue weighted by Gasteiger charge is -2.05. The third-order valence-electron chi connectivity index (χ3n) is 2.56. The summed E-state index contributed by atoms with van der Waals surface area (Å²) in [6, 6.07) is 3.01. The molecule has 1 aromatic carbocycles. The Bertz CT molecular complexity index is 677. The van der Waals surface area contributed by atoms with E-state index >= 15 is 0 Å². The van der Waals surface area contributed by atoms with Crippen LogP contribution in [-0.4, -0.2) is 22.7 Å². The molecule has 0 N–H and O–H groups in total. The maximum atomic E-state index is 13.3. The largest absolute Gasteiger partial charge is 0.415 e. The molecule has 0 aliphatic heterocycles. The SMILES string of the molecule is O=Cc1ccc(F)cc1-c1nn(CCl)c(OC(F)F)c1Cl. The van der Waals surface area contributed by atoms with E-state index in [0.29, 0.717) is 6.29 Å². The van der Waals surface area contributed by atoms with Crippen molar-refractivity contribution in [3.05, 3.63) is 34.6 Å². The summed E-state index contributed by atoms with van der Waals surface area (Å²) in [5.74, 6) is -1.10. The minimum absolute atomic E-state index is 0.0537. The van der Waals surface area contributed by atoms with Crippen molar-refractivity contribution < 1.29 is 22.7 Å². The Morgan fingerprint density at radius 3 is 2.71 bits per heavy atom. The Hall–Kier alpha value is -1.73. The van der Waals surface area contributed by atoms with Gasteiger partial charge in [0, 0.05) is 11.1 Å². The van der Waals surface area contributed by atoms with E-state index in [1.54, 1.807) is 0 Å². The second kappa shape index (κ2) is 6.36. The second-order valence-electron chi connectivity index (χ2n) is 3.81. The zero-order chi connectivity index (χ0) is 15.6. The van der Waals surface area contributed by atoms with E-state index in [-0.39, 0.29) is 27.8 Å². The average molecular weight is 339 g/mol. The molecule has 1 heterocycles. The van der Waals surface area contributed by atoms with Gasteiger partial charge in [0.15, 0.2) is 6.29 Å². The maximum Gasteiger partial charge on any atom is 0.388 e. The van der Waals surface area contributed by atoms with Gasteiger partial charge in [-0.05, 0) is 18.2 Å². The van der Waals surface area contributed by atoms with Gasteiger partial charge in [-0.1, -0.05) is 11.6 Å². The van der Waals surface area contributed by atoms with E-state index in [1.807, 2.05) is 0 Å². The molecular formula is C12H7Cl2F3N2O2. The van der Waals surface area contributed by atoms with Crippen molar-refractivity contribution in [2.24, 2.45) is 0 Å². The lowest BCUT2D eigenvalue weighted by molar-refractivity contribution is -0.0553. The molecule has 0 unspecified atom stereocenters. The normalized spacial score (nSPS) is 11.0. The molecule has 4 nitrogen and oxygen atoms in total. The van der Waals surface area contributed by atoms with Gasteiger partial charge in [0.05, 0.1) is 0 Å². The Labute approximate surface area is 127 Å². The van der Waals surface area contributed by atoms with Gasteiger partial charge < -0.3 is 4.74 Å². The summed E-state index contributed by atoms with van der Waals surface area (Å²) in [5.41, 5.74) is 0.0775. The predicted octanol–water partition coefficient (Wildman–Crippen LogP) is 3.95. The smallest absolute Gasteiger partial charge is 0.388 e. The highest BCUT2D eigenvalue weighted by Gasteiger charge is 2.23. The molecule has 21 heavy (non-hydrogen) atoms. The first-order valence-electron chi connectivity index (χ1n) is 5.50. The summed E-state index contributed by atoms with van der Waals surface area (Å²) in [6.07, 6.45) is 0.471. The van der Waals surface area contributed by atoms with Gasteiger partial charge in [-0.25, -0.2) is 9.07 Å². The highest BCUT2D eigenvalue weighted by atomic mass is 35.5. The zero-order valence-corrected chi connectivity index (χ0v) is 11.7. The first-order chi connectivity index (χ1) is 9.97. The quantitative estimate of drug-likeness (QED) is 0.612. The Morgan fingerprint density at radius 1 is 1.43 bits per heavy atom. The minimum Gasteiger partial charge on any atom is -0.415 e. The number of halogens is 5. The van der Waals surface area contributed by atoms with Crippen LogP contribution in [0, 0.1) is 5.82 Å². The maximum absolute atomic E-state index is 13.3. The van der Waals surface area contributed by atoms with Crippen LogP contribution in [0.25, 0.3) is 11.3 Å². The van der Waals surface area contributed by atoms with Crippen LogP contribution < -0.4 is 4.74 Å². The van der Waals surface area contributed by atoms with Crippen molar-refractivity contribution >= 4 is 29.5 Å². The molecule has 1 aromatic heterocycles. The predicted molar refractivity (Wildman–Crippen MR) is 70.5 cm³/mol. The number of rotatable bonds is 5. The molecule has 0 radical (unpaired) electrons. The van der Waals surface area contributed by atoms with E-state index < -0.39 is 18.3 Å². The van der Waals surface area contributed by atoms with E-state index in [4.69, 9.17) is 23.2 Å². The number of carbonyl (C=O) groups is 1. The highest BCUT2D eigenvalue weighted by molar-refractivity contribution is 6.34. The van der Waals surface area contributed by atoms with Crippen LogP contribution in [0.2, 0.25) is 5.02 Å². The molecule has 0 atom stereocenters. The van der Waals surface area contributed by atoms with Crippen molar-refractivity contribution in [2.45, 2.75) is 12.6 Å².